The van der Waals surface area contributed by atoms with Crippen molar-refractivity contribution >= 4 is 69.7 Å². The highest BCUT2D eigenvalue weighted by Crippen LogP contribution is 2.56. The number of thiocarbonyl (C=S) groups is 1. The van der Waals surface area contributed by atoms with Gasteiger partial charge in [-0.25, -0.2) is 14.6 Å². The number of thioether (sulfide) groups is 2. The van der Waals surface area contributed by atoms with E-state index in [0.29, 0.717) is 25.9 Å². The van der Waals surface area contributed by atoms with E-state index in [0.717, 1.165) is 23.5 Å². The molecule has 34 heavy (non-hydrogen) atoms. The molecule has 1 aromatic heterocycles. The first-order valence-corrected chi connectivity index (χ1v) is 12.0. The predicted molar refractivity (Wildman–Crippen MR) is 135 cm³/mol. The minimum Gasteiger partial charge on any atom is -0.465 e. The van der Waals surface area contributed by atoms with Gasteiger partial charge in [0, 0.05) is 23.5 Å². The summed E-state index contributed by atoms with van der Waals surface area (Å²) in [5, 5.41) is 0. The predicted octanol–water partition coefficient (Wildman–Crippen LogP) is 3.99. The average Bonchev–Trinajstić information content (AvgIpc) is 3.29. The zero-order valence-electron chi connectivity index (χ0n) is 18.6. The first-order valence-electron chi connectivity index (χ1n) is 9.98. The van der Waals surface area contributed by atoms with Gasteiger partial charge in [-0.2, -0.15) is 0 Å². The first kappa shape index (κ1) is 24.1. The van der Waals surface area contributed by atoms with E-state index in [2.05, 4.69) is 9.97 Å². The zero-order valence-corrected chi connectivity index (χ0v) is 21.1. The molecule has 3 heterocycles. The van der Waals surface area contributed by atoms with Crippen LogP contribution in [0.25, 0.3) is 5.57 Å². The fraction of sp³-hybridized carbons (Fsp3) is 0.217. The Morgan fingerprint density at radius 1 is 1.00 bits per heavy atom. The molecule has 0 radical (unpaired) electrons. The number of fused-ring (bicyclic) bond motifs is 1. The van der Waals surface area contributed by atoms with Crippen LogP contribution in [0.4, 0.5) is 5.69 Å². The van der Waals surface area contributed by atoms with Gasteiger partial charge in [0.1, 0.15) is 15.5 Å². The van der Waals surface area contributed by atoms with E-state index in [1.807, 2.05) is 38.1 Å². The minimum atomic E-state index is -0.929. The molecule has 174 valence electrons. The molecular weight excluding hydrogens is 494 g/mol. The average molecular weight is 514 g/mol. The number of para-hydroxylation sites is 1. The molecule has 0 atom stereocenters. The van der Waals surface area contributed by atoms with E-state index in [9.17, 15) is 14.4 Å². The summed E-state index contributed by atoms with van der Waals surface area (Å²) < 4.78 is 10.4. The van der Waals surface area contributed by atoms with Crippen LogP contribution in [0.15, 0.2) is 56.9 Å². The van der Waals surface area contributed by atoms with Crippen molar-refractivity contribution in [2.24, 2.45) is 0 Å². The molecule has 0 spiro atoms. The zero-order chi connectivity index (χ0) is 24.6. The van der Waals surface area contributed by atoms with Crippen molar-refractivity contribution in [1.82, 2.24) is 9.97 Å². The van der Waals surface area contributed by atoms with Crippen molar-refractivity contribution in [3.05, 3.63) is 68.2 Å². The van der Waals surface area contributed by atoms with E-state index in [1.54, 1.807) is 4.90 Å². The van der Waals surface area contributed by atoms with Crippen LogP contribution in [-0.4, -0.2) is 52.4 Å². The summed E-state index contributed by atoms with van der Waals surface area (Å²) in [6, 6.07) is 7.35. The number of rotatable bonds is 3. The molecule has 2 aliphatic heterocycles. The highest BCUT2D eigenvalue weighted by Gasteiger charge is 2.46. The van der Waals surface area contributed by atoms with Crippen LogP contribution in [0.2, 0.25) is 0 Å². The van der Waals surface area contributed by atoms with Crippen LogP contribution in [-0.2, 0) is 19.1 Å². The van der Waals surface area contributed by atoms with Crippen molar-refractivity contribution in [2.45, 2.75) is 19.4 Å². The summed E-state index contributed by atoms with van der Waals surface area (Å²) in [6.07, 6.45) is 4.37. The molecule has 0 aliphatic carbocycles. The molecule has 4 rings (SSSR count). The van der Waals surface area contributed by atoms with Crippen molar-refractivity contribution < 1.29 is 23.9 Å². The molecular formula is C23H19N3O5S3. The van der Waals surface area contributed by atoms with Crippen molar-refractivity contribution in [2.75, 3.05) is 19.1 Å². The van der Waals surface area contributed by atoms with E-state index in [1.165, 1.54) is 32.8 Å². The van der Waals surface area contributed by atoms with Crippen molar-refractivity contribution in [1.29, 1.82) is 0 Å². The number of methoxy groups -OCH3 is 2. The second-order valence-corrected chi connectivity index (χ2v) is 10.4. The van der Waals surface area contributed by atoms with Crippen LogP contribution in [0.3, 0.4) is 0 Å². The maximum Gasteiger partial charge on any atom is 0.346 e. The standard InChI is InChI=1S/C23H19N3O5S3/c1-23(2)18(32)15(22-33-16(20(28)30-3)17(34-22)21(29)31-4)12-7-5-6-8-14(12)26(23)19(27)13-11-24-9-10-25-13/h5-11H,1-4H3. The molecule has 0 saturated carbocycles. The summed E-state index contributed by atoms with van der Waals surface area (Å²) in [6.45, 7) is 3.69. The van der Waals surface area contributed by atoms with Gasteiger partial charge >= 0.3 is 11.9 Å². The maximum atomic E-state index is 13.5. The second kappa shape index (κ2) is 9.32. The van der Waals surface area contributed by atoms with Crippen LogP contribution < -0.4 is 4.90 Å². The topological polar surface area (TPSA) is 98.7 Å². The highest BCUT2D eigenvalue weighted by molar-refractivity contribution is 8.29. The molecule has 0 bridgehead atoms. The lowest BCUT2D eigenvalue weighted by Crippen LogP contribution is -2.56. The van der Waals surface area contributed by atoms with Crippen LogP contribution in [0.5, 0.6) is 0 Å². The third-order valence-electron chi connectivity index (χ3n) is 5.28. The third kappa shape index (κ3) is 3.93. The third-order valence-corrected chi connectivity index (χ3v) is 8.54. The lowest BCUT2D eigenvalue weighted by molar-refractivity contribution is -0.138. The van der Waals surface area contributed by atoms with E-state index in [4.69, 9.17) is 21.7 Å². The summed E-state index contributed by atoms with van der Waals surface area (Å²) in [7, 11) is 2.50. The minimum absolute atomic E-state index is 0.137. The van der Waals surface area contributed by atoms with Gasteiger partial charge in [0.25, 0.3) is 5.91 Å². The summed E-state index contributed by atoms with van der Waals surface area (Å²) in [5.41, 5.74) is 1.27. The van der Waals surface area contributed by atoms with Gasteiger partial charge < -0.3 is 9.47 Å². The number of hydrogen-bond acceptors (Lipinski definition) is 10. The van der Waals surface area contributed by atoms with Gasteiger partial charge in [-0.1, -0.05) is 53.9 Å². The number of aromatic nitrogens is 2. The monoisotopic (exact) mass is 513 g/mol. The van der Waals surface area contributed by atoms with Gasteiger partial charge in [0.2, 0.25) is 0 Å². The molecule has 1 amide bonds. The van der Waals surface area contributed by atoms with E-state index >= 15 is 0 Å². The lowest BCUT2D eigenvalue weighted by atomic mass is 9.83. The Bertz CT molecular complexity index is 1260. The molecule has 1 aromatic carbocycles. The number of carbonyl (C=O) groups excluding carboxylic acids is 3. The van der Waals surface area contributed by atoms with Crippen LogP contribution in [0, 0.1) is 0 Å². The molecule has 0 unspecified atom stereocenters. The molecule has 0 fully saturated rings. The number of carbonyl (C=O) groups is 3. The number of anilines is 1. The first-order chi connectivity index (χ1) is 16.2. The molecule has 8 nitrogen and oxygen atoms in total. The summed E-state index contributed by atoms with van der Waals surface area (Å²) in [5.74, 6) is -1.61. The van der Waals surface area contributed by atoms with Crippen molar-refractivity contribution in [3.63, 3.8) is 0 Å². The van der Waals surface area contributed by atoms with Crippen molar-refractivity contribution in [3.8, 4) is 0 Å². The second-order valence-electron chi connectivity index (χ2n) is 7.64. The Hall–Kier alpha value is -3.02. The maximum absolute atomic E-state index is 13.5. The Morgan fingerprint density at radius 2 is 1.62 bits per heavy atom. The summed E-state index contributed by atoms with van der Waals surface area (Å²) >= 11 is 8.14. The normalized spacial score (nSPS) is 16.9. The SMILES string of the molecule is COC(=O)C1=C(C(=O)OC)SC(=C2C(=S)C(C)(C)N(C(=O)c3cnccn3)c3ccccc32)S1. The number of hydrogen-bond donors (Lipinski definition) is 0. The fourth-order valence-corrected chi connectivity index (χ4v) is 6.69. The fourth-order valence-electron chi connectivity index (χ4n) is 3.66. The molecule has 2 aliphatic rings. The van der Waals surface area contributed by atoms with Gasteiger partial charge in [-0.05, 0) is 19.9 Å². The number of amides is 1. The molecule has 2 aromatic rings. The largest absolute Gasteiger partial charge is 0.465 e. The van der Waals surface area contributed by atoms with Gasteiger partial charge in [-0.15, -0.1) is 0 Å². The summed E-state index contributed by atoms with van der Waals surface area (Å²) in [4.78, 5) is 48.8. The quantitative estimate of drug-likeness (QED) is 0.340. The Kier molecular flexibility index (Phi) is 6.61. The number of benzene rings is 1. The Morgan fingerprint density at radius 3 is 2.18 bits per heavy atom. The van der Waals surface area contributed by atoms with E-state index in [-0.39, 0.29) is 21.4 Å². The number of nitrogens with zero attached hydrogens (tertiary/aromatic N) is 3. The van der Waals surface area contributed by atoms with Crippen LogP contribution in [0.1, 0.15) is 29.9 Å². The van der Waals surface area contributed by atoms with E-state index < -0.39 is 17.5 Å². The smallest absolute Gasteiger partial charge is 0.346 e. The number of ether oxygens (including phenoxy) is 2. The van der Waals surface area contributed by atoms with Gasteiger partial charge in [-0.3, -0.25) is 14.7 Å². The van der Waals surface area contributed by atoms with Gasteiger partial charge in [0.15, 0.2) is 0 Å². The highest BCUT2D eigenvalue weighted by atomic mass is 32.2. The van der Waals surface area contributed by atoms with Gasteiger partial charge in [0.05, 0.1) is 40.7 Å². The molecule has 11 heteroatoms. The Balaban J connectivity index is 1.89. The molecule has 0 saturated heterocycles. The lowest BCUT2D eigenvalue weighted by Gasteiger charge is -2.45. The Labute approximate surface area is 209 Å². The molecule has 0 N–H and O–H groups in total. The number of esters is 2. The van der Waals surface area contributed by atoms with Crippen LogP contribution >= 0.6 is 35.7 Å².